The fourth-order valence-corrected chi connectivity index (χ4v) is 14.6. The first-order chi connectivity index (χ1) is 19.3. The van der Waals surface area contributed by atoms with Crippen molar-refractivity contribution >= 4 is 50.9 Å². The molecule has 5 heteroatoms. The van der Waals surface area contributed by atoms with E-state index in [4.69, 9.17) is 0 Å². The van der Waals surface area contributed by atoms with Crippen molar-refractivity contribution < 1.29 is 0 Å². The molecule has 39 heavy (non-hydrogen) atoms. The van der Waals surface area contributed by atoms with Gasteiger partial charge in [-0.2, -0.15) is 0 Å². The Kier molecular flexibility index (Phi) is 10.1. The molecule has 5 rings (SSSR count). The second-order valence-electron chi connectivity index (χ2n) is 8.97. The Morgan fingerprint density at radius 3 is 0.821 bits per heavy atom. The fourth-order valence-electron chi connectivity index (χ4n) is 4.78. The van der Waals surface area contributed by atoms with E-state index in [1.165, 1.54) is 26.5 Å². The summed E-state index contributed by atoms with van der Waals surface area (Å²) < 4.78 is 5.63. The summed E-state index contributed by atoms with van der Waals surface area (Å²) in [5, 5.41) is 6.97. The van der Waals surface area contributed by atoms with Crippen LogP contribution >= 0.6 is 24.4 Å². The number of hydrogen-bond acceptors (Lipinski definition) is 2. The summed E-state index contributed by atoms with van der Waals surface area (Å²) in [6.07, 6.45) is 0. The molecule has 0 aliphatic rings. The van der Waals surface area contributed by atoms with E-state index in [0.29, 0.717) is 0 Å². The molecule has 5 aromatic rings. The Balaban J connectivity index is 1.71. The quantitative estimate of drug-likeness (QED) is 0.155. The monoisotopic (exact) mass is 564 g/mol. The first kappa shape index (κ1) is 27.9. The van der Waals surface area contributed by atoms with E-state index in [1.54, 1.807) is 0 Å². The van der Waals surface area contributed by atoms with Crippen molar-refractivity contribution in [1.82, 2.24) is 8.88 Å². The molecule has 0 aliphatic carbocycles. The van der Waals surface area contributed by atoms with Crippen molar-refractivity contribution in [2.24, 2.45) is 0 Å². The number of hydrogen-bond donors (Lipinski definition) is 0. The molecule has 5 aromatic carbocycles. The van der Waals surface area contributed by atoms with Crippen LogP contribution in [0.1, 0.15) is 13.8 Å². The molecule has 0 N–H and O–H groups in total. The van der Waals surface area contributed by atoms with Gasteiger partial charge >= 0.3 is 0 Å². The largest absolute Gasteiger partial charge is 0.236 e. The van der Waals surface area contributed by atoms with E-state index >= 15 is 0 Å². The zero-order valence-electron chi connectivity index (χ0n) is 22.6. The molecule has 0 bridgehead atoms. The van der Waals surface area contributed by atoms with Gasteiger partial charge in [0, 0.05) is 34.5 Å². The van der Waals surface area contributed by atoms with E-state index in [1.807, 2.05) is 0 Å². The third-order valence-corrected chi connectivity index (χ3v) is 15.4. The molecule has 0 saturated heterocycles. The third kappa shape index (κ3) is 6.56. The summed E-state index contributed by atoms with van der Waals surface area (Å²) in [6.45, 7) is 6.58. The van der Waals surface area contributed by atoms with E-state index in [-0.39, 0.29) is 0 Å². The Morgan fingerprint density at radius 2 is 0.590 bits per heavy atom. The third-order valence-electron chi connectivity index (χ3n) is 6.45. The van der Waals surface area contributed by atoms with Crippen molar-refractivity contribution in [2.45, 2.75) is 13.8 Å². The van der Waals surface area contributed by atoms with E-state index in [2.05, 4.69) is 174 Å². The maximum Gasteiger partial charge on any atom is 0.0809 e. The van der Waals surface area contributed by atoms with Crippen LogP contribution in [0.15, 0.2) is 152 Å². The van der Waals surface area contributed by atoms with E-state index < -0.39 is 24.4 Å². The SMILES string of the molecule is CCN(P(c1ccccc1)c1ccccc1)P(c1ccccc1)N(CC)P(c1ccccc1)c1ccccc1. The predicted molar refractivity (Wildman–Crippen MR) is 176 cm³/mol. The molecule has 0 aliphatic heterocycles. The molecule has 0 fully saturated rings. The van der Waals surface area contributed by atoms with E-state index in [0.717, 1.165) is 13.1 Å². The fraction of sp³-hybridized carbons (Fsp3) is 0.118. The average Bonchev–Trinajstić information content (AvgIpc) is 3.02. The topological polar surface area (TPSA) is 6.48 Å². The van der Waals surface area contributed by atoms with Gasteiger partial charge in [0.1, 0.15) is 0 Å². The van der Waals surface area contributed by atoms with Crippen LogP contribution in [0.4, 0.5) is 0 Å². The molecule has 0 saturated carbocycles. The van der Waals surface area contributed by atoms with Crippen LogP contribution in [0, 0.1) is 0 Å². The number of benzene rings is 5. The van der Waals surface area contributed by atoms with Gasteiger partial charge in [-0.05, 0) is 21.2 Å². The van der Waals surface area contributed by atoms with Gasteiger partial charge in [0.05, 0.1) is 8.22 Å². The van der Waals surface area contributed by atoms with Crippen molar-refractivity contribution in [3.8, 4) is 0 Å². The minimum Gasteiger partial charge on any atom is -0.236 e. The zero-order chi connectivity index (χ0) is 26.9. The molecular weight excluding hydrogens is 529 g/mol. The van der Waals surface area contributed by atoms with Gasteiger partial charge in [-0.1, -0.05) is 166 Å². The van der Waals surface area contributed by atoms with E-state index in [9.17, 15) is 0 Å². The second-order valence-corrected chi connectivity index (χ2v) is 15.9. The van der Waals surface area contributed by atoms with Crippen LogP contribution in [0.2, 0.25) is 0 Å². The lowest BCUT2D eigenvalue weighted by atomic mass is 10.4. The lowest BCUT2D eigenvalue weighted by molar-refractivity contribution is 0.670. The Hall–Kier alpha value is -2.69. The summed E-state index contributed by atoms with van der Waals surface area (Å²) in [5.41, 5.74) is 0. The van der Waals surface area contributed by atoms with Gasteiger partial charge in [-0.3, -0.25) is 0 Å². The smallest absolute Gasteiger partial charge is 0.0809 e. The summed E-state index contributed by atoms with van der Waals surface area (Å²) in [7, 11) is -2.33. The van der Waals surface area contributed by atoms with Crippen LogP contribution in [0.25, 0.3) is 0 Å². The molecular formula is C34H35N2P3. The van der Waals surface area contributed by atoms with Gasteiger partial charge in [0.25, 0.3) is 0 Å². The van der Waals surface area contributed by atoms with Crippen LogP contribution in [-0.2, 0) is 0 Å². The molecule has 0 heterocycles. The van der Waals surface area contributed by atoms with Gasteiger partial charge < -0.3 is 0 Å². The van der Waals surface area contributed by atoms with Crippen LogP contribution < -0.4 is 26.5 Å². The van der Waals surface area contributed by atoms with Crippen LogP contribution in [0.3, 0.4) is 0 Å². The van der Waals surface area contributed by atoms with Gasteiger partial charge in [0.15, 0.2) is 0 Å². The van der Waals surface area contributed by atoms with Crippen molar-refractivity contribution in [1.29, 1.82) is 0 Å². The van der Waals surface area contributed by atoms with Crippen molar-refractivity contribution in [3.05, 3.63) is 152 Å². The average molecular weight is 565 g/mol. The Bertz CT molecular complexity index is 1220. The van der Waals surface area contributed by atoms with Crippen molar-refractivity contribution in [2.75, 3.05) is 13.1 Å². The number of rotatable bonds is 11. The minimum absolute atomic E-state index is 0.747. The number of nitrogens with zero attached hydrogens (tertiary/aromatic N) is 2. The molecule has 0 atom stereocenters. The Labute approximate surface area is 237 Å². The maximum absolute atomic E-state index is 2.81. The molecule has 0 radical (unpaired) electrons. The zero-order valence-corrected chi connectivity index (χ0v) is 25.3. The first-order valence-corrected chi connectivity index (χ1v) is 17.4. The summed E-state index contributed by atoms with van der Waals surface area (Å²) in [4.78, 5) is 0. The standard InChI is InChI=1S/C34H35N2P3/c1-3-35(37(30-20-10-5-11-21-30)31-22-12-6-13-23-31)39(34-28-18-9-19-29-34)36(4-2)38(32-24-14-7-15-25-32)33-26-16-8-17-27-33/h5-29H,3-4H2,1-2H3. The lowest BCUT2D eigenvalue weighted by Crippen LogP contribution is -2.36. The predicted octanol–water partition coefficient (Wildman–Crippen LogP) is 7.36. The highest BCUT2D eigenvalue weighted by atomic mass is 31.2. The summed E-state index contributed by atoms with van der Waals surface area (Å²) in [5.74, 6) is 0. The highest BCUT2D eigenvalue weighted by molar-refractivity contribution is 7.86. The molecule has 0 spiro atoms. The van der Waals surface area contributed by atoms with Gasteiger partial charge in [-0.15, -0.1) is 0 Å². The van der Waals surface area contributed by atoms with Crippen LogP contribution in [0.5, 0.6) is 0 Å². The molecule has 0 unspecified atom stereocenters. The Morgan fingerprint density at radius 1 is 0.359 bits per heavy atom. The minimum atomic E-state index is -0.832. The first-order valence-electron chi connectivity index (χ1n) is 13.5. The van der Waals surface area contributed by atoms with Gasteiger partial charge in [0.2, 0.25) is 0 Å². The normalized spacial score (nSPS) is 11.7. The van der Waals surface area contributed by atoms with Crippen LogP contribution in [-0.4, -0.2) is 22.0 Å². The molecule has 0 amide bonds. The maximum atomic E-state index is 2.81. The highest BCUT2D eigenvalue weighted by Crippen LogP contribution is 2.63. The summed E-state index contributed by atoms with van der Waals surface area (Å²) in [6, 6.07) is 55.7. The lowest BCUT2D eigenvalue weighted by Gasteiger charge is -2.46. The molecule has 0 aromatic heterocycles. The van der Waals surface area contributed by atoms with Crippen molar-refractivity contribution in [3.63, 3.8) is 0 Å². The van der Waals surface area contributed by atoms with Gasteiger partial charge in [-0.25, -0.2) is 8.88 Å². The molecule has 196 valence electrons. The summed E-state index contributed by atoms with van der Waals surface area (Å²) >= 11 is 0. The highest BCUT2D eigenvalue weighted by Gasteiger charge is 2.37. The second kappa shape index (κ2) is 14.1. The molecule has 2 nitrogen and oxygen atoms in total.